The van der Waals surface area contributed by atoms with Gasteiger partial charge in [-0.3, -0.25) is 4.72 Å². The zero-order valence-electron chi connectivity index (χ0n) is 18.9. The van der Waals surface area contributed by atoms with Crippen LogP contribution in [0.3, 0.4) is 0 Å². The second-order valence-corrected chi connectivity index (χ2v) is 10.4. The Hall–Kier alpha value is -3.09. The predicted molar refractivity (Wildman–Crippen MR) is 127 cm³/mol. The van der Waals surface area contributed by atoms with Crippen LogP contribution in [0, 0.1) is 12.7 Å². The number of hydrogen-bond donors (Lipinski definition) is 1. The summed E-state index contributed by atoms with van der Waals surface area (Å²) in [5.74, 6) is -1.15. The monoisotopic (exact) mass is 524 g/mol. The summed E-state index contributed by atoms with van der Waals surface area (Å²) < 4.78 is 59.2. The third kappa shape index (κ3) is 4.37. The maximum absolute atomic E-state index is 15.4. The van der Waals surface area contributed by atoms with E-state index in [2.05, 4.69) is 9.71 Å². The van der Waals surface area contributed by atoms with E-state index in [1.807, 2.05) is 25.1 Å². The molecule has 5 rings (SSSR count). The molecule has 0 unspecified atom stereocenters. The maximum Gasteiger partial charge on any atom is 0.409 e. The lowest BCUT2D eigenvalue weighted by Crippen LogP contribution is -2.47. The number of fused-ring (bicyclic) bond motifs is 2. The van der Waals surface area contributed by atoms with Crippen LogP contribution in [-0.4, -0.2) is 67.8 Å². The second-order valence-electron chi connectivity index (χ2n) is 8.35. The van der Waals surface area contributed by atoms with E-state index in [-0.39, 0.29) is 40.9 Å². The number of sulfonamides is 1. The number of amides is 1. The first-order chi connectivity index (χ1) is 16.7. The Kier molecular flexibility index (Phi) is 5.98. The minimum Gasteiger partial charge on any atom is -0.472 e. The normalized spacial score (nSPS) is 19.1. The number of imidazole rings is 1. The average Bonchev–Trinajstić information content (AvgIpc) is 3.14. The molecule has 0 aliphatic carbocycles. The maximum atomic E-state index is 15.4. The Morgan fingerprint density at radius 3 is 2.94 bits per heavy atom. The van der Waals surface area contributed by atoms with Gasteiger partial charge in [-0.1, -0.05) is 17.7 Å². The highest BCUT2D eigenvalue weighted by molar-refractivity contribution is 7.92. The number of aromatic nitrogens is 2. The molecular weight excluding hydrogens is 503 g/mol. The number of benzene rings is 2. The molecule has 10 nitrogen and oxygen atoms in total. The topological polar surface area (TPSA) is 112 Å². The van der Waals surface area contributed by atoms with E-state index < -0.39 is 34.0 Å². The molecule has 1 amide bonds. The van der Waals surface area contributed by atoms with Crippen molar-refractivity contribution in [2.75, 3.05) is 37.5 Å². The zero-order valence-corrected chi connectivity index (χ0v) is 20.5. The van der Waals surface area contributed by atoms with Crippen LogP contribution >= 0.6 is 11.6 Å². The molecule has 13 heteroatoms. The molecule has 3 heterocycles. The van der Waals surface area contributed by atoms with Crippen molar-refractivity contribution in [1.82, 2.24) is 14.5 Å². The van der Waals surface area contributed by atoms with Gasteiger partial charge in [0.2, 0.25) is 5.94 Å². The molecule has 3 aromatic rings. The van der Waals surface area contributed by atoms with E-state index in [9.17, 15) is 13.2 Å². The Labute approximate surface area is 205 Å². The molecule has 1 fully saturated rings. The molecule has 1 atom stereocenters. The predicted octanol–water partition coefficient (Wildman–Crippen LogP) is 3.36. The van der Waals surface area contributed by atoms with E-state index in [0.29, 0.717) is 18.7 Å². The molecule has 1 saturated heterocycles. The van der Waals surface area contributed by atoms with Crippen LogP contribution in [0.1, 0.15) is 5.56 Å². The summed E-state index contributed by atoms with van der Waals surface area (Å²) in [7, 11) is -2.43. The van der Waals surface area contributed by atoms with Crippen molar-refractivity contribution in [2.45, 2.75) is 19.6 Å². The van der Waals surface area contributed by atoms with Crippen LogP contribution in [-0.2, 0) is 26.0 Å². The number of carbonyl (C=O) groups excluding carboxylic acids is 1. The molecule has 2 aromatic carbocycles. The number of anilines is 1. The molecule has 0 saturated carbocycles. The van der Waals surface area contributed by atoms with Gasteiger partial charge in [-0.2, -0.15) is 0 Å². The lowest BCUT2D eigenvalue weighted by atomic mass is 10.1. The number of rotatable bonds is 3. The van der Waals surface area contributed by atoms with Crippen molar-refractivity contribution < 1.29 is 31.8 Å². The van der Waals surface area contributed by atoms with Crippen molar-refractivity contribution in [3.63, 3.8) is 0 Å². The lowest BCUT2D eigenvalue weighted by Gasteiger charge is -2.32. The number of nitrogens with zero attached hydrogens (tertiary/aromatic N) is 3. The summed E-state index contributed by atoms with van der Waals surface area (Å²) >= 11 is 6.56. The summed E-state index contributed by atoms with van der Waals surface area (Å²) in [6.07, 6.45) is -0.865. The fourth-order valence-electron chi connectivity index (χ4n) is 4.30. The molecule has 35 heavy (non-hydrogen) atoms. The number of morpholine rings is 1. The standard InChI is InChI=1S/C22H22ClFN4O6S/c1-12-3-4-17-15(7-12)25-21(28(17)10-13-9-27(5-6-33-13)22(29)32-2)18-14(24)8-16-20(19(18)23)34-11-35(30,31)26-16/h3-4,7-8,13,26H,5-6,9-11H2,1-2H3/t13-/m1/s1. The van der Waals surface area contributed by atoms with Crippen LogP contribution in [0.25, 0.3) is 22.4 Å². The number of methoxy groups -OCH3 is 1. The van der Waals surface area contributed by atoms with E-state index in [0.717, 1.165) is 17.1 Å². The van der Waals surface area contributed by atoms with Crippen molar-refractivity contribution in [1.29, 1.82) is 0 Å². The third-order valence-corrected chi connectivity index (χ3v) is 7.20. The largest absolute Gasteiger partial charge is 0.472 e. The van der Waals surface area contributed by atoms with Crippen LogP contribution in [0.15, 0.2) is 24.3 Å². The van der Waals surface area contributed by atoms with Crippen LogP contribution < -0.4 is 9.46 Å². The zero-order chi connectivity index (χ0) is 24.9. The van der Waals surface area contributed by atoms with E-state index in [1.165, 1.54) is 7.11 Å². The van der Waals surface area contributed by atoms with Crippen molar-refractivity contribution in [3.8, 4) is 17.1 Å². The number of carbonyl (C=O) groups is 1. The number of hydrogen-bond acceptors (Lipinski definition) is 7. The Bertz CT molecular complexity index is 1440. The molecule has 0 radical (unpaired) electrons. The number of ether oxygens (including phenoxy) is 3. The summed E-state index contributed by atoms with van der Waals surface area (Å²) in [6, 6.07) is 6.68. The van der Waals surface area contributed by atoms with Gasteiger partial charge in [0.05, 0.1) is 60.2 Å². The van der Waals surface area contributed by atoms with Crippen LogP contribution in [0.4, 0.5) is 14.9 Å². The van der Waals surface area contributed by atoms with Gasteiger partial charge in [0, 0.05) is 12.6 Å². The van der Waals surface area contributed by atoms with E-state index >= 15 is 4.39 Å². The summed E-state index contributed by atoms with van der Waals surface area (Å²) in [5, 5.41) is -0.101. The fourth-order valence-corrected chi connectivity index (χ4v) is 5.45. The quantitative estimate of drug-likeness (QED) is 0.559. The highest BCUT2D eigenvalue weighted by Gasteiger charge is 2.31. The lowest BCUT2D eigenvalue weighted by molar-refractivity contribution is -0.0310. The first-order valence-electron chi connectivity index (χ1n) is 10.7. The summed E-state index contributed by atoms with van der Waals surface area (Å²) in [4.78, 5) is 18.2. The molecular formula is C22H22ClFN4O6S. The minimum atomic E-state index is -3.75. The SMILES string of the molecule is COC(=O)N1CCO[C@@H](Cn2c(-c3c(F)cc4c(c3Cl)OCS(=O)(=O)N4)nc3cc(C)ccc32)C1. The van der Waals surface area contributed by atoms with Gasteiger partial charge in [-0.05, 0) is 24.6 Å². The van der Waals surface area contributed by atoms with E-state index in [4.69, 9.17) is 25.8 Å². The Balaban J connectivity index is 1.61. The highest BCUT2D eigenvalue weighted by Crippen LogP contribution is 2.45. The van der Waals surface area contributed by atoms with Gasteiger partial charge in [0.15, 0.2) is 5.75 Å². The average molecular weight is 525 g/mol. The first kappa shape index (κ1) is 23.6. The smallest absolute Gasteiger partial charge is 0.409 e. The first-order valence-corrected chi connectivity index (χ1v) is 12.8. The molecule has 1 N–H and O–H groups in total. The molecule has 0 bridgehead atoms. The summed E-state index contributed by atoms with van der Waals surface area (Å²) in [6.45, 7) is 3.18. The minimum absolute atomic E-state index is 0.0264. The van der Waals surface area contributed by atoms with Crippen LogP contribution in [0.5, 0.6) is 5.75 Å². The highest BCUT2D eigenvalue weighted by atomic mass is 35.5. The summed E-state index contributed by atoms with van der Waals surface area (Å²) in [5.41, 5.74) is 2.20. The fraction of sp³-hybridized carbons (Fsp3) is 0.364. The molecule has 2 aliphatic heterocycles. The van der Waals surface area contributed by atoms with Crippen LogP contribution in [0.2, 0.25) is 5.02 Å². The van der Waals surface area contributed by atoms with Crippen molar-refractivity contribution in [2.24, 2.45) is 0 Å². The Morgan fingerprint density at radius 2 is 2.17 bits per heavy atom. The second kappa shape index (κ2) is 8.85. The van der Waals surface area contributed by atoms with Crippen molar-refractivity contribution >= 4 is 44.4 Å². The van der Waals surface area contributed by atoms with Gasteiger partial charge >= 0.3 is 6.09 Å². The number of halogens is 2. The van der Waals surface area contributed by atoms with E-state index in [1.54, 1.807) is 9.47 Å². The molecule has 2 aliphatic rings. The Morgan fingerprint density at radius 1 is 1.37 bits per heavy atom. The molecule has 0 spiro atoms. The van der Waals surface area contributed by atoms with Gasteiger partial charge in [-0.25, -0.2) is 22.6 Å². The van der Waals surface area contributed by atoms with Crippen molar-refractivity contribution in [3.05, 3.63) is 40.7 Å². The number of nitrogens with one attached hydrogen (secondary N) is 1. The number of aryl methyl sites for hydroxylation is 1. The third-order valence-electron chi connectivity index (χ3n) is 5.88. The van der Waals surface area contributed by atoms with Gasteiger partial charge in [-0.15, -0.1) is 0 Å². The van der Waals surface area contributed by atoms with Gasteiger partial charge in [0.25, 0.3) is 10.0 Å². The molecule has 186 valence electrons. The van der Waals surface area contributed by atoms with Gasteiger partial charge in [0.1, 0.15) is 11.6 Å². The van der Waals surface area contributed by atoms with Gasteiger partial charge < -0.3 is 23.7 Å². The molecule has 1 aromatic heterocycles.